The summed E-state index contributed by atoms with van der Waals surface area (Å²) in [4.78, 5) is 10.4. The molecule has 0 unspecified atom stereocenters. The van der Waals surface area contributed by atoms with E-state index in [-0.39, 0.29) is 10.7 Å². The van der Waals surface area contributed by atoms with Gasteiger partial charge in [0.15, 0.2) is 0 Å². The van der Waals surface area contributed by atoms with Gasteiger partial charge in [0.2, 0.25) is 0 Å². The van der Waals surface area contributed by atoms with Crippen LogP contribution in [0.1, 0.15) is 0 Å². The number of nitro groups is 1. The quantitative estimate of drug-likeness (QED) is 0.574. The van der Waals surface area contributed by atoms with Crippen LogP contribution in [-0.2, 0) is 0 Å². The second-order valence-corrected chi connectivity index (χ2v) is 5.67. The first kappa shape index (κ1) is 11.1. The summed E-state index contributed by atoms with van der Waals surface area (Å²) >= 11 is 2.32. The maximum absolute atomic E-state index is 10.9. The van der Waals surface area contributed by atoms with Crippen molar-refractivity contribution in [2.24, 2.45) is 0 Å². The zero-order valence-electron chi connectivity index (χ0n) is 8.99. The molecule has 90 valence electrons. The van der Waals surface area contributed by atoms with E-state index >= 15 is 0 Å². The Balaban J connectivity index is 2.29. The minimum Gasteiger partial charge on any atom is -0.392 e. The summed E-state index contributed by atoms with van der Waals surface area (Å²) in [5.41, 5.74) is 7.71. The molecule has 3 rings (SSSR count). The van der Waals surface area contributed by atoms with Gasteiger partial charge in [-0.15, -0.1) is 0 Å². The molecule has 7 heteroatoms. The van der Waals surface area contributed by atoms with Gasteiger partial charge in [0.1, 0.15) is 9.70 Å². The fourth-order valence-electron chi connectivity index (χ4n) is 1.76. The molecule has 0 spiro atoms. The van der Waals surface area contributed by atoms with Crippen molar-refractivity contribution < 1.29 is 4.92 Å². The Morgan fingerprint density at radius 1 is 1.28 bits per heavy atom. The zero-order chi connectivity index (χ0) is 12.7. The first-order valence-electron chi connectivity index (χ1n) is 5.06. The van der Waals surface area contributed by atoms with E-state index in [4.69, 9.17) is 5.73 Å². The number of aromatic nitrogens is 1. The fraction of sp³-hybridized carbons (Fsp3) is 0. The maximum Gasteiger partial charge on any atom is 0.349 e. The Labute approximate surface area is 110 Å². The van der Waals surface area contributed by atoms with Crippen molar-refractivity contribution in [1.82, 2.24) is 4.37 Å². The number of benzene rings is 1. The van der Waals surface area contributed by atoms with Crippen molar-refractivity contribution in [2.45, 2.75) is 0 Å². The highest BCUT2D eigenvalue weighted by Gasteiger charge is 2.24. The largest absolute Gasteiger partial charge is 0.392 e. The van der Waals surface area contributed by atoms with E-state index in [1.54, 1.807) is 0 Å². The molecule has 5 nitrogen and oxygen atoms in total. The van der Waals surface area contributed by atoms with Crippen LogP contribution >= 0.6 is 22.9 Å². The average molecular weight is 277 g/mol. The molecule has 2 aromatic heterocycles. The molecule has 0 amide bonds. The van der Waals surface area contributed by atoms with Gasteiger partial charge in [-0.25, -0.2) is 0 Å². The Morgan fingerprint density at radius 3 is 2.67 bits per heavy atom. The molecule has 0 aliphatic carbocycles. The normalized spacial score (nSPS) is 10.9. The van der Waals surface area contributed by atoms with Crippen molar-refractivity contribution in [3.05, 3.63) is 40.4 Å². The highest BCUT2D eigenvalue weighted by molar-refractivity contribution is 7.38. The number of nitrogen functional groups attached to an aromatic ring is 1. The molecule has 2 heterocycles. The van der Waals surface area contributed by atoms with Crippen LogP contribution in [0.3, 0.4) is 0 Å². The minimum atomic E-state index is -0.443. The van der Waals surface area contributed by atoms with Crippen molar-refractivity contribution in [2.75, 3.05) is 5.73 Å². The Kier molecular flexibility index (Phi) is 2.49. The molecule has 0 saturated heterocycles. The lowest BCUT2D eigenvalue weighted by Crippen LogP contribution is -1.91. The number of fused-ring (bicyclic) bond motifs is 1. The van der Waals surface area contributed by atoms with Crippen LogP contribution < -0.4 is 5.73 Å². The molecular weight excluding hydrogens is 270 g/mol. The third kappa shape index (κ3) is 1.56. The molecule has 1 aromatic carbocycles. The summed E-state index contributed by atoms with van der Waals surface area (Å²) in [6, 6.07) is 9.54. The predicted molar refractivity (Wildman–Crippen MR) is 74.0 cm³/mol. The van der Waals surface area contributed by atoms with Gasteiger partial charge in [-0.05, 0) is 22.9 Å². The molecular formula is C11H7N3O2S2. The summed E-state index contributed by atoms with van der Waals surface area (Å²) in [7, 11) is 0. The van der Waals surface area contributed by atoms with Gasteiger partial charge in [-0.1, -0.05) is 30.3 Å². The van der Waals surface area contributed by atoms with Crippen molar-refractivity contribution >= 4 is 43.0 Å². The summed E-state index contributed by atoms with van der Waals surface area (Å²) in [6.45, 7) is 0. The lowest BCUT2D eigenvalue weighted by Gasteiger charge is -1.96. The van der Waals surface area contributed by atoms with Gasteiger partial charge in [0.25, 0.3) is 0 Å². The van der Waals surface area contributed by atoms with Crippen LogP contribution in [0.5, 0.6) is 0 Å². The molecule has 0 atom stereocenters. The Morgan fingerprint density at radius 2 is 2.00 bits per heavy atom. The van der Waals surface area contributed by atoms with Gasteiger partial charge < -0.3 is 5.73 Å². The third-order valence-electron chi connectivity index (χ3n) is 2.56. The van der Waals surface area contributed by atoms with Crippen LogP contribution in [-0.4, -0.2) is 9.30 Å². The number of hydrogen-bond donors (Lipinski definition) is 1. The molecule has 18 heavy (non-hydrogen) atoms. The molecule has 0 saturated carbocycles. The first-order valence-corrected chi connectivity index (χ1v) is 6.65. The number of nitrogens with zero attached hydrogens (tertiary/aromatic N) is 2. The van der Waals surface area contributed by atoms with Crippen molar-refractivity contribution in [3.63, 3.8) is 0 Å². The first-order chi connectivity index (χ1) is 8.68. The third-order valence-corrected chi connectivity index (χ3v) is 4.63. The number of anilines is 1. The van der Waals surface area contributed by atoms with E-state index in [9.17, 15) is 10.1 Å². The van der Waals surface area contributed by atoms with E-state index in [1.165, 1.54) is 11.5 Å². The minimum absolute atomic E-state index is 0.00386. The molecule has 0 aliphatic rings. The second-order valence-electron chi connectivity index (χ2n) is 3.64. The Bertz CT molecular complexity index is 733. The van der Waals surface area contributed by atoms with E-state index in [0.29, 0.717) is 5.39 Å². The van der Waals surface area contributed by atoms with Crippen LogP contribution in [0, 0.1) is 10.1 Å². The Hall–Kier alpha value is -1.99. The standard InChI is InChI=1S/C11H7N3O2S2/c12-8-7-9(6-4-2-1-3-5-6)13-18-11(7)17-10(8)14(15)16/h1-5H,12H2. The average Bonchev–Trinajstić information content (AvgIpc) is 2.91. The molecule has 0 aliphatic heterocycles. The fourth-order valence-corrected chi connectivity index (χ4v) is 3.70. The monoisotopic (exact) mass is 277 g/mol. The van der Waals surface area contributed by atoms with E-state index in [2.05, 4.69) is 4.37 Å². The van der Waals surface area contributed by atoms with Gasteiger partial charge in [0, 0.05) is 5.56 Å². The highest BCUT2D eigenvalue weighted by Crippen LogP contribution is 2.45. The van der Waals surface area contributed by atoms with Crippen molar-refractivity contribution in [3.8, 4) is 11.3 Å². The number of nitrogens with two attached hydrogens (primary N) is 1. The number of hydrogen-bond acceptors (Lipinski definition) is 6. The summed E-state index contributed by atoms with van der Waals surface area (Å²) in [5.74, 6) is 0. The number of thiophene rings is 1. The number of rotatable bonds is 2. The van der Waals surface area contributed by atoms with Crippen LogP contribution in [0.2, 0.25) is 0 Å². The smallest absolute Gasteiger partial charge is 0.349 e. The highest BCUT2D eigenvalue weighted by atomic mass is 32.2. The van der Waals surface area contributed by atoms with Crippen LogP contribution in [0.25, 0.3) is 20.7 Å². The van der Waals surface area contributed by atoms with Crippen molar-refractivity contribution in [1.29, 1.82) is 0 Å². The van der Waals surface area contributed by atoms with Gasteiger partial charge in [0.05, 0.1) is 16.0 Å². The summed E-state index contributed by atoms with van der Waals surface area (Å²) < 4.78 is 5.13. The lowest BCUT2D eigenvalue weighted by atomic mass is 10.1. The molecule has 3 aromatic rings. The SMILES string of the molecule is Nc1c([N+](=O)[O-])sc2snc(-c3ccccc3)c12. The second kappa shape index (κ2) is 4.04. The zero-order valence-corrected chi connectivity index (χ0v) is 10.6. The maximum atomic E-state index is 10.9. The van der Waals surface area contributed by atoms with Gasteiger partial charge in [-0.3, -0.25) is 10.1 Å². The van der Waals surface area contributed by atoms with Gasteiger partial charge >= 0.3 is 5.00 Å². The topological polar surface area (TPSA) is 82.0 Å². The van der Waals surface area contributed by atoms with Gasteiger partial charge in [-0.2, -0.15) is 4.37 Å². The van der Waals surface area contributed by atoms with E-state index < -0.39 is 4.92 Å². The van der Waals surface area contributed by atoms with Crippen LogP contribution in [0.15, 0.2) is 30.3 Å². The molecule has 0 fully saturated rings. The molecule has 2 N–H and O–H groups in total. The predicted octanol–water partition coefficient (Wildman–Crippen LogP) is 3.52. The lowest BCUT2D eigenvalue weighted by molar-refractivity contribution is -0.379. The van der Waals surface area contributed by atoms with E-state index in [0.717, 1.165) is 26.6 Å². The van der Waals surface area contributed by atoms with Crippen LogP contribution in [0.4, 0.5) is 10.7 Å². The molecule has 0 radical (unpaired) electrons. The van der Waals surface area contributed by atoms with E-state index in [1.807, 2.05) is 30.3 Å². The summed E-state index contributed by atoms with van der Waals surface area (Å²) in [6.07, 6.45) is 0. The molecule has 0 bridgehead atoms. The summed E-state index contributed by atoms with van der Waals surface area (Å²) in [5, 5.41) is 11.6.